The molecule has 2 rings (SSSR count). The van der Waals surface area contributed by atoms with Crippen LogP contribution < -0.4 is 10.1 Å². The highest BCUT2D eigenvalue weighted by atomic mass is 16.5. The highest BCUT2D eigenvalue weighted by Crippen LogP contribution is 2.16. The van der Waals surface area contributed by atoms with Crippen LogP contribution in [0, 0.1) is 0 Å². The lowest BCUT2D eigenvalue weighted by atomic mass is 10.2. The molecule has 0 aliphatic carbocycles. The molecule has 0 spiro atoms. The molecule has 1 unspecified atom stereocenters. The van der Waals surface area contributed by atoms with Gasteiger partial charge in [-0.25, -0.2) is 0 Å². The van der Waals surface area contributed by atoms with Gasteiger partial charge in [0.25, 0.3) is 0 Å². The van der Waals surface area contributed by atoms with Gasteiger partial charge in [0, 0.05) is 0 Å². The third-order valence-corrected chi connectivity index (χ3v) is 2.39. The Balaban J connectivity index is 1.94. The summed E-state index contributed by atoms with van der Waals surface area (Å²) in [5, 5.41) is 3.16. The summed E-state index contributed by atoms with van der Waals surface area (Å²) in [6.45, 7) is 0.550. The molecule has 0 amide bonds. The van der Waals surface area contributed by atoms with Crippen molar-refractivity contribution in [2.24, 2.45) is 0 Å². The maximum atomic E-state index is 5.66. The van der Waals surface area contributed by atoms with Crippen LogP contribution >= 0.6 is 0 Å². The Kier molecular flexibility index (Phi) is 3.62. The maximum absolute atomic E-state index is 5.66. The van der Waals surface area contributed by atoms with Crippen LogP contribution in [0.1, 0.15) is 11.8 Å². The van der Waals surface area contributed by atoms with E-state index in [2.05, 4.69) is 5.32 Å². The minimum atomic E-state index is 0.0789. The van der Waals surface area contributed by atoms with Gasteiger partial charge in [0.1, 0.15) is 18.1 Å². The minimum Gasteiger partial charge on any atom is -0.491 e. The summed E-state index contributed by atoms with van der Waals surface area (Å²) in [6.07, 6.45) is 1.67. The summed E-state index contributed by atoms with van der Waals surface area (Å²) in [7, 11) is 1.89. The Morgan fingerprint density at radius 1 is 1.19 bits per heavy atom. The zero-order valence-corrected chi connectivity index (χ0v) is 9.22. The van der Waals surface area contributed by atoms with E-state index >= 15 is 0 Å². The molecule has 3 heteroatoms. The number of para-hydroxylation sites is 1. The van der Waals surface area contributed by atoms with E-state index in [-0.39, 0.29) is 6.04 Å². The highest BCUT2D eigenvalue weighted by molar-refractivity contribution is 5.21. The van der Waals surface area contributed by atoms with E-state index in [4.69, 9.17) is 9.15 Å². The van der Waals surface area contributed by atoms with Gasteiger partial charge in [0.15, 0.2) is 0 Å². The van der Waals surface area contributed by atoms with E-state index in [1.54, 1.807) is 6.26 Å². The first-order valence-corrected chi connectivity index (χ1v) is 5.28. The third-order valence-electron chi connectivity index (χ3n) is 2.39. The fourth-order valence-electron chi connectivity index (χ4n) is 1.49. The summed E-state index contributed by atoms with van der Waals surface area (Å²) in [5.41, 5.74) is 0. The Labute approximate surface area is 95.0 Å². The molecule has 0 saturated carbocycles. The van der Waals surface area contributed by atoms with Gasteiger partial charge in [-0.15, -0.1) is 0 Å². The molecule has 0 radical (unpaired) electrons. The zero-order chi connectivity index (χ0) is 11.2. The van der Waals surface area contributed by atoms with Gasteiger partial charge in [-0.3, -0.25) is 0 Å². The lowest BCUT2D eigenvalue weighted by Gasteiger charge is -2.14. The molecule has 16 heavy (non-hydrogen) atoms. The number of rotatable bonds is 5. The number of benzene rings is 1. The number of likely N-dealkylation sites (N-methyl/N-ethyl adjacent to an activating group) is 1. The average Bonchev–Trinajstić information content (AvgIpc) is 2.85. The number of nitrogens with one attached hydrogen (secondary N) is 1. The van der Waals surface area contributed by atoms with Crippen molar-refractivity contribution in [3.63, 3.8) is 0 Å². The molecular weight excluding hydrogens is 202 g/mol. The predicted octanol–water partition coefficient (Wildman–Crippen LogP) is 2.62. The molecule has 1 aromatic heterocycles. The van der Waals surface area contributed by atoms with Crippen molar-refractivity contribution in [1.82, 2.24) is 5.32 Å². The first-order valence-electron chi connectivity index (χ1n) is 5.28. The van der Waals surface area contributed by atoms with Gasteiger partial charge in [-0.1, -0.05) is 18.2 Å². The normalized spacial score (nSPS) is 12.3. The van der Waals surface area contributed by atoms with Gasteiger partial charge < -0.3 is 14.5 Å². The van der Waals surface area contributed by atoms with Gasteiger partial charge in [0.05, 0.1) is 12.3 Å². The van der Waals surface area contributed by atoms with E-state index in [1.807, 2.05) is 49.5 Å². The minimum absolute atomic E-state index is 0.0789. The van der Waals surface area contributed by atoms with Crippen LogP contribution in [-0.4, -0.2) is 13.7 Å². The highest BCUT2D eigenvalue weighted by Gasteiger charge is 2.12. The molecule has 3 nitrogen and oxygen atoms in total. The van der Waals surface area contributed by atoms with Crippen molar-refractivity contribution < 1.29 is 9.15 Å². The molecule has 2 aromatic rings. The van der Waals surface area contributed by atoms with Crippen molar-refractivity contribution in [3.05, 3.63) is 54.5 Å². The quantitative estimate of drug-likeness (QED) is 0.836. The number of hydrogen-bond acceptors (Lipinski definition) is 3. The van der Waals surface area contributed by atoms with Crippen molar-refractivity contribution in [1.29, 1.82) is 0 Å². The predicted molar refractivity (Wildman–Crippen MR) is 62.4 cm³/mol. The number of furan rings is 1. The summed E-state index contributed by atoms with van der Waals surface area (Å²) in [5.74, 6) is 1.76. The van der Waals surface area contributed by atoms with Crippen LogP contribution in [0.25, 0.3) is 0 Å². The van der Waals surface area contributed by atoms with Gasteiger partial charge >= 0.3 is 0 Å². The second-order valence-electron chi connectivity index (χ2n) is 3.48. The van der Waals surface area contributed by atoms with Crippen molar-refractivity contribution in [3.8, 4) is 5.75 Å². The van der Waals surface area contributed by atoms with Crippen LogP contribution in [0.2, 0.25) is 0 Å². The van der Waals surface area contributed by atoms with Crippen molar-refractivity contribution >= 4 is 0 Å². The summed E-state index contributed by atoms with van der Waals surface area (Å²) < 4.78 is 11.0. The molecule has 1 heterocycles. The molecule has 84 valence electrons. The van der Waals surface area contributed by atoms with E-state index < -0.39 is 0 Å². The van der Waals surface area contributed by atoms with Gasteiger partial charge in [-0.05, 0) is 31.3 Å². The fourth-order valence-corrected chi connectivity index (χ4v) is 1.49. The lowest BCUT2D eigenvalue weighted by Crippen LogP contribution is -2.22. The summed E-state index contributed by atoms with van der Waals surface area (Å²) in [4.78, 5) is 0. The second kappa shape index (κ2) is 5.37. The van der Waals surface area contributed by atoms with Gasteiger partial charge in [-0.2, -0.15) is 0 Å². The molecular formula is C13H15NO2. The molecule has 0 bridgehead atoms. The first-order chi connectivity index (χ1) is 7.90. The second-order valence-corrected chi connectivity index (χ2v) is 3.48. The monoisotopic (exact) mass is 217 g/mol. The van der Waals surface area contributed by atoms with E-state index in [0.29, 0.717) is 6.61 Å². The Hall–Kier alpha value is -1.74. The van der Waals surface area contributed by atoms with E-state index in [0.717, 1.165) is 11.5 Å². The van der Waals surface area contributed by atoms with Crippen LogP contribution in [0.3, 0.4) is 0 Å². The Morgan fingerprint density at radius 2 is 2.00 bits per heavy atom. The van der Waals surface area contributed by atoms with Gasteiger partial charge in [0.2, 0.25) is 0 Å². The number of ether oxygens (including phenoxy) is 1. The average molecular weight is 217 g/mol. The topological polar surface area (TPSA) is 34.4 Å². The lowest BCUT2D eigenvalue weighted by molar-refractivity contribution is 0.253. The molecule has 1 atom stereocenters. The molecule has 0 aliphatic heterocycles. The molecule has 0 saturated heterocycles. The van der Waals surface area contributed by atoms with Crippen LogP contribution in [0.5, 0.6) is 5.75 Å². The largest absolute Gasteiger partial charge is 0.491 e. The van der Waals surface area contributed by atoms with Crippen molar-refractivity contribution in [2.75, 3.05) is 13.7 Å². The van der Waals surface area contributed by atoms with Crippen molar-refractivity contribution in [2.45, 2.75) is 6.04 Å². The molecule has 1 aromatic carbocycles. The number of hydrogen-bond donors (Lipinski definition) is 1. The summed E-state index contributed by atoms with van der Waals surface area (Å²) in [6, 6.07) is 13.7. The molecule has 0 fully saturated rings. The standard InChI is InChI=1S/C13H15NO2/c1-14-12(13-8-5-9-15-13)10-16-11-6-3-2-4-7-11/h2-9,12,14H,10H2,1H3. The SMILES string of the molecule is CNC(COc1ccccc1)c1ccco1. The fraction of sp³-hybridized carbons (Fsp3) is 0.231. The van der Waals surface area contributed by atoms with E-state index in [9.17, 15) is 0 Å². The molecule has 1 N–H and O–H groups in total. The first kappa shape index (κ1) is 10.8. The Bertz CT molecular complexity index is 397. The van der Waals surface area contributed by atoms with Crippen LogP contribution in [-0.2, 0) is 0 Å². The van der Waals surface area contributed by atoms with E-state index in [1.165, 1.54) is 0 Å². The maximum Gasteiger partial charge on any atom is 0.124 e. The third kappa shape index (κ3) is 2.64. The molecule has 0 aliphatic rings. The Morgan fingerprint density at radius 3 is 2.62 bits per heavy atom. The van der Waals surface area contributed by atoms with Crippen LogP contribution in [0.4, 0.5) is 0 Å². The van der Waals surface area contributed by atoms with Crippen LogP contribution in [0.15, 0.2) is 53.1 Å². The summed E-state index contributed by atoms with van der Waals surface area (Å²) >= 11 is 0. The zero-order valence-electron chi connectivity index (χ0n) is 9.22. The smallest absolute Gasteiger partial charge is 0.124 e.